The highest BCUT2D eigenvalue weighted by atomic mass is 32.1. The van der Waals surface area contributed by atoms with Crippen LogP contribution in [0.4, 0.5) is 5.82 Å². The van der Waals surface area contributed by atoms with Crippen LogP contribution < -0.4 is 5.32 Å². The minimum Gasteiger partial charge on any atom is -0.360 e. The minimum atomic E-state index is 0.104. The van der Waals surface area contributed by atoms with E-state index in [-0.39, 0.29) is 18.5 Å². The number of thiophene rings is 1. The second-order valence-corrected chi connectivity index (χ2v) is 9.88. The van der Waals surface area contributed by atoms with Crippen molar-refractivity contribution in [2.24, 2.45) is 0 Å². The Morgan fingerprint density at radius 3 is 2.18 bits per heavy atom. The number of aryl methyl sites for hydroxylation is 2. The smallest absolute Gasteiger partial charge is 0.242 e. The molecule has 0 atom stereocenters. The Labute approximate surface area is 204 Å². The molecule has 4 aromatic rings. The largest absolute Gasteiger partial charge is 0.360 e. The lowest BCUT2D eigenvalue weighted by Crippen LogP contribution is -2.51. The Morgan fingerprint density at radius 2 is 1.56 bits per heavy atom. The Balaban J connectivity index is 1.24. The summed E-state index contributed by atoms with van der Waals surface area (Å²) in [6.45, 7) is 7.51. The van der Waals surface area contributed by atoms with Crippen molar-refractivity contribution < 1.29 is 4.79 Å². The fourth-order valence-corrected chi connectivity index (χ4v) is 5.70. The molecule has 34 heavy (non-hydrogen) atoms. The summed E-state index contributed by atoms with van der Waals surface area (Å²) in [5, 5.41) is 4.30. The highest BCUT2D eigenvalue weighted by Gasteiger charge is 2.28. The quantitative estimate of drug-likeness (QED) is 0.443. The summed E-state index contributed by atoms with van der Waals surface area (Å²) in [7, 11) is 0. The first-order valence-electron chi connectivity index (χ1n) is 11.7. The normalized spacial score (nSPS) is 14.6. The van der Waals surface area contributed by atoms with Crippen molar-refractivity contribution in [3.8, 4) is 0 Å². The van der Waals surface area contributed by atoms with Crippen molar-refractivity contribution in [1.82, 2.24) is 19.8 Å². The summed E-state index contributed by atoms with van der Waals surface area (Å²) in [6.07, 6.45) is 1.57. The highest BCUT2D eigenvalue weighted by molar-refractivity contribution is 7.18. The number of fused-ring (bicyclic) bond motifs is 1. The van der Waals surface area contributed by atoms with Crippen LogP contribution in [0.25, 0.3) is 10.2 Å². The van der Waals surface area contributed by atoms with Crippen LogP contribution in [0, 0.1) is 13.8 Å². The summed E-state index contributed by atoms with van der Waals surface area (Å²) in [5.41, 5.74) is 3.74. The zero-order valence-electron chi connectivity index (χ0n) is 19.6. The summed E-state index contributed by atoms with van der Waals surface area (Å²) < 4.78 is 0. The van der Waals surface area contributed by atoms with Crippen molar-refractivity contribution >= 4 is 33.3 Å². The molecule has 2 aromatic heterocycles. The maximum absolute atomic E-state index is 13.0. The van der Waals surface area contributed by atoms with Crippen molar-refractivity contribution in [1.29, 1.82) is 0 Å². The Hall–Kier alpha value is -3.29. The molecule has 1 saturated heterocycles. The van der Waals surface area contributed by atoms with Gasteiger partial charge in [-0.2, -0.15) is 0 Å². The number of anilines is 1. The summed E-state index contributed by atoms with van der Waals surface area (Å²) in [5.74, 6) is 0.846. The van der Waals surface area contributed by atoms with Gasteiger partial charge in [-0.05, 0) is 30.5 Å². The molecule has 1 fully saturated rings. The molecule has 174 valence electrons. The number of carbonyl (C=O) groups excluding carboxylic acids is 1. The second-order valence-electron chi connectivity index (χ2n) is 8.68. The van der Waals surface area contributed by atoms with Gasteiger partial charge in [0.1, 0.15) is 17.0 Å². The molecule has 0 radical (unpaired) electrons. The molecule has 1 amide bonds. The van der Waals surface area contributed by atoms with E-state index in [1.807, 2.05) is 4.90 Å². The van der Waals surface area contributed by atoms with Gasteiger partial charge in [0.25, 0.3) is 0 Å². The molecule has 1 aliphatic rings. The zero-order chi connectivity index (χ0) is 23.5. The van der Waals surface area contributed by atoms with Crippen LogP contribution in [0.2, 0.25) is 0 Å². The predicted molar refractivity (Wildman–Crippen MR) is 138 cm³/mol. The van der Waals surface area contributed by atoms with Gasteiger partial charge in [-0.25, -0.2) is 9.97 Å². The van der Waals surface area contributed by atoms with E-state index < -0.39 is 0 Å². The first-order chi connectivity index (χ1) is 16.6. The number of hydrogen-bond acceptors (Lipinski definition) is 6. The first-order valence-corrected chi connectivity index (χ1v) is 12.5. The monoisotopic (exact) mass is 471 g/mol. The molecule has 6 nitrogen and oxygen atoms in total. The van der Waals surface area contributed by atoms with E-state index in [0.717, 1.165) is 29.1 Å². The standard InChI is InChI=1S/C27H29N5OS/c1-19-20(2)34-27-24(19)26(29-18-30-27)28-17-23(33)31-13-15-32(16-14-31)25(21-9-5-3-6-10-21)22-11-7-4-8-12-22/h3-12,18,25H,13-17H2,1-2H3,(H,28,29,30). The van der Waals surface area contributed by atoms with Crippen molar-refractivity contribution in [3.63, 3.8) is 0 Å². The number of carbonyl (C=O) groups is 1. The average Bonchev–Trinajstić information content (AvgIpc) is 3.18. The van der Waals surface area contributed by atoms with E-state index >= 15 is 0 Å². The molecule has 1 N–H and O–H groups in total. The lowest BCUT2D eigenvalue weighted by Gasteiger charge is -2.39. The fraction of sp³-hybridized carbons (Fsp3) is 0.296. The lowest BCUT2D eigenvalue weighted by molar-refractivity contribution is -0.131. The van der Waals surface area contributed by atoms with Crippen LogP contribution in [-0.4, -0.2) is 58.4 Å². The molecule has 0 bridgehead atoms. The number of nitrogens with zero attached hydrogens (tertiary/aromatic N) is 4. The van der Waals surface area contributed by atoms with E-state index in [9.17, 15) is 4.79 Å². The minimum absolute atomic E-state index is 0.104. The van der Waals surface area contributed by atoms with Gasteiger partial charge in [-0.15, -0.1) is 11.3 Å². The molecule has 0 saturated carbocycles. The summed E-state index contributed by atoms with van der Waals surface area (Å²) in [4.78, 5) is 28.4. The molecular weight excluding hydrogens is 442 g/mol. The van der Waals surface area contributed by atoms with Gasteiger partial charge >= 0.3 is 0 Å². The maximum Gasteiger partial charge on any atom is 0.242 e. The molecule has 1 aliphatic heterocycles. The molecule has 5 rings (SSSR count). The number of piperazine rings is 1. The number of aromatic nitrogens is 2. The van der Waals surface area contributed by atoms with E-state index in [0.29, 0.717) is 13.1 Å². The maximum atomic E-state index is 13.0. The van der Waals surface area contributed by atoms with Gasteiger partial charge in [-0.1, -0.05) is 60.7 Å². The first kappa shape index (κ1) is 22.5. The molecule has 7 heteroatoms. The molecular formula is C27H29N5OS. The van der Waals surface area contributed by atoms with Gasteiger partial charge in [-0.3, -0.25) is 9.69 Å². The second kappa shape index (κ2) is 9.91. The van der Waals surface area contributed by atoms with Crippen LogP contribution in [0.15, 0.2) is 67.0 Å². The van der Waals surface area contributed by atoms with Gasteiger partial charge in [0.15, 0.2) is 0 Å². The number of amides is 1. The van der Waals surface area contributed by atoms with Gasteiger partial charge in [0.05, 0.1) is 18.0 Å². The van der Waals surface area contributed by atoms with E-state index in [1.54, 1.807) is 17.7 Å². The van der Waals surface area contributed by atoms with E-state index in [2.05, 4.69) is 94.7 Å². The van der Waals surface area contributed by atoms with Crippen molar-refractivity contribution in [2.45, 2.75) is 19.9 Å². The van der Waals surface area contributed by atoms with Crippen molar-refractivity contribution in [3.05, 3.63) is 88.6 Å². The SMILES string of the molecule is Cc1sc2ncnc(NCC(=O)N3CCN(C(c4ccccc4)c4ccccc4)CC3)c2c1C. The van der Waals surface area contributed by atoms with Gasteiger partial charge < -0.3 is 10.2 Å². The van der Waals surface area contributed by atoms with Gasteiger partial charge in [0, 0.05) is 31.1 Å². The van der Waals surface area contributed by atoms with Gasteiger partial charge in [0.2, 0.25) is 5.91 Å². The summed E-state index contributed by atoms with van der Waals surface area (Å²) in [6, 6.07) is 21.4. The molecule has 0 spiro atoms. The van der Waals surface area contributed by atoms with E-state index in [1.165, 1.54) is 21.6 Å². The lowest BCUT2D eigenvalue weighted by atomic mass is 9.96. The fourth-order valence-electron chi connectivity index (χ4n) is 4.70. The van der Waals surface area contributed by atoms with Crippen LogP contribution >= 0.6 is 11.3 Å². The molecule has 0 unspecified atom stereocenters. The third-order valence-corrected chi connectivity index (χ3v) is 7.75. The third-order valence-electron chi connectivity index (χ3n) is 6.64. The number of nitrogens with one attached hydrogen (secondary N) is 1. The Morgan fingerprint density at radius 1 is 0.941 bits per heavy atom. The molecule has 3 heterocycles. The highest BCUT2D eigenvalue weighted by Crippen LogP contribution is 2.32. The van der Waals surface area contributed by atoms with E-state index in [4.69, 9.17) is 0 Å². The number of benzene rings is 2. The third kappa shape index (κ3) is 4.54. The number of hydrogen-bond donors (Lipinski definition) is 1. The summed E-state index contributed by atoms with van der Waals surface area (Å²) >= 11 is 1.66. The zero-order valence-corrected chi connectivity index (χ0v) is 20.4. The topological polar surface area (TPSA) is 61.4 Å². The Bertz CT molecular complexity index is 1230. The Kier molecular flexibility index (Phi) is 6.56. The number of rotatable bonds is 6. The van der Waals surface area contributed by atoms with Crippen LogP contribution in [0.5, 0.6) is 0 Å². The average molecular weight is 472 g/mol. The van der Waals surface area contributed by atoms with Crippen LogP contribution in [-0.2, 0) is 4.79 Å². The van der Waals surface area contributed by atoms with Crippen LogP contribution in [0.3, 0.4) is 0 Å². The van der Waals surface area contributed by atoms with Crippen LogP contribution in [0.1, 0.15) is 27.6 Å². The predicted octanol–water partition coefficient (Wildman–Crippen LogP) is 4.65. The van der Waals surface area contributed by atoms with Crippen molar-refractivity contribution in [2.75, 3.05) is 38.0 Å². The molecule has 0 aliphatic carbocycles. The molecule has 2 aromatic carbocycles.